The summed E-state index contributed by atoms with van der Waals surface area (Å²) in [6.07, 6.45) is 1.43. The molecule has 0 heterocycles. The van der Waals surface area contributed by atoms with Crippen molar-refractivity contribution < 1.29 is 28.6 Å². The zero-order chi connectivity index (χ0) is 27.3. The van der Waals surface area contributed by atoms with Gasteiger partial charge < -0.3 is 19.1 Å². The molecule has 0 N–H and O–H groups in total. The van der Waals surface area contributed by atoms with E-state index in [1.54, 1.807) is 17.0 Å². The monoisotopic (exact) mass is 581 g/mol. The minimum absolute atomic E-state index is 0.0563. The van der Waals surface area contributed by atoms with Crippen LogP contribution in [0, 0.1) is 0 Å². The van der Waals surface area contributed by atoms with Crippen molar-refractivity contribution in [2.45, 2.75) is 38.8 Å². The first-order valence-electron chi connectivity index (χ1n) is 12.4. The van der Waals surface area contributed by atoms with E-state index < -0.39 is 5.97 Å². The summed E-state index contributed by atoms with van der Waals surface area (Å²) < 4.78 is 16.6. The number of nitrogens with zero attached hydrogens (tertiary/aromatic N) is 1. The van der Waals surface area contributed by atoms with Gasteiger partial charge in [0, 0.05) is 30.4 Å². The molecule has 0 saturated carbocycles. The molecule has 3 rings (SSSR count). The predicted octanol–water partition coefficient (Wildman–Crippen LogP) is 5.73. The Morgan fingerprint density at radius 1 is 0.816 bits per heavy atom. The van der Waals surface area contributed by atoms with E-state index in [2.05, 4.69) is 20.7 Å². The zero-order valence-corrected chi connectivity index (χ0v) is 23.2. The molecule has 0 aliphatic heterocycles. The highest BCUT2D eigenvalue weighted by Crippen LogP contribution is 2.22. The van der Waals surface area contributed by atoms with Crippen LogP contribution in [0.25, 0.3) is 0 Å². The Hall–Kier alpha value is -3.65. The number of esters is 2. The fourth-order valence-corrected chi connectivity index (χ4v) is 4.13. The molecule has 0 aliphatic carbocycles. The molecule has 200 valence electrons. The highest BCUT2D eigenvalue weighted by Gasteiger charge is 2.17. The van der Waals surface area contributed by atoms with Gasteiger partial charge >= 0.3 is 11.9 Å². The van der Waals surface area contributed by atoms with E-state index in [0.717, 1.165) is 26.9 Å². The molecular formula is C30H32BrNO6. The number of amides is 1. The van der Waals surface area contributed by atoms with E-state index in [4.69, 9.17) is 9.47 Å². The van der Waals surface area contributed by atoms with Crippen LogP contribution in [0.2, 0.25) is 0 Å². The van der Waals surface area contributed by atoms with Crippen molar-refractivity contribution in [1.29, 1.82) is 0 Å². The maximum absolute atomic E-state index is 13.1. The molecule has 0 bridgehead atoms. The van der Waals surface area contributed by atoms with Gasteiger partial charge in [-0.05, 0) is 59.9 Å². The minimum Gasteiger partial charge on any atom is -0.489 e. The third kappa shape index (κ3) is 9.03. The van der Waals surface area contributed by atoms with Gasteiger partial charge in [-0.3, -0.25) is 9.59 Å². The van der Waals surface area contributed by atoms with E-state index >= 15 is 0 Å². The predicted molar refractivity (Wildman–Crippen MR) is 148 cm³/mol. The molecule has 0 unspecified atom stereocenters. The number of methoxy groups -OCH3 is 2. The second-order valence-electron chi connectivity index (χ2n) is 8.71. The Balaban J connectivity index is 1.69. The minimum atomic E-state index is -0.410. The largest absolute Gasteiger partial charge is 0.489 e. The van der Waals surface area contributed by atoms with Crippen LogP contribution in [0.4, 0.5) is 0 Å². The Morgan fingerprint density at radius 3 is 2.18 bits per heavy atom. The van der Waals surface area contributed by atoms with E-state index in [9.17, 15) is 14.4 Å². The summed E-state index contributed by atoms with van der Waals surface area (Å²) in [5.74, 6) is -0.0261. The summed E-state index contributed by atoms with van der Waals surface area (Å²) in [4.78, 5) is 38.2. The highest BCUT2D eigenvalue weighted by atomic mass is 79.9. The van der Waals surface area contributed by atoms with Gasteiger partial charge in [0.25, 0.3) is 0 Å². The molecule has 0 saturated heterocycles. The lowest BCUT2D eigenvalue weighted by Crippen LogP contribution is -2.32. The summed E-state index contributed by atoms with van der Waals surface area (Å²) in [6, 6.07) is 22.8. The molecule has 0 aliphatic rings. The van der Waals surface area contributed by atoms with E-state index in [0.29, 0.717) is 38.1 Å². The van der Waals surface area contributed by atoms with Crippen LogP contribution in [-0.2, 0) is 38.6 Å². The fourth-order valence-electron chi connectivity index (χ4n) is 3.87. The van der Waals surface area contributed by atoms with Crippen LogP contribution in [0.5, 0.6) is 5.75 Å². The Morgan fingerprint density at radius 2 is 1.50 bits per heavy atom. The first kappa shape index (κ1) is 28.9. The molecule has 0 atom stereocenters. The van der Waals surface area contributed by atoms with Gasteiger partial charge in [0.15, 0.2) is 0 Å². The van der Waals surface area contributed by atoms with Gasteiger partial charge in [0.05, 0.1) is 19.8 Å². The lowest BCUT2D eigenvalue weighted by molar-refractivity contribution is -0.141. The second kappa shape index (κ2) is 14.9. The quantitative estimate of drug-likeness (QED) is 0.240. The van der Waals surface area contributed by atoms with Gasteiger partial charge in [-0.15, -0.1) is 0 Å². The molecule has 0 aromatic heterocycles. The molecule has 3 aromatic carbocycles. The number of hydrogen-bond acceptors (Lipinski definition) is 6. The van der Waals surface area contributed by atoms with Crippen molar-refractivity contribution in [3.05, 3.63) is 99.5 Å². The first-order valence-corrected chi connectivity index (χ1v) is 13.2. The van der Waals surface area contributed by atoms with E-state index in [1.165, 1.54) is 14.2 Å². The fraction of sp³-hybridized carbons (Fsp3) is 0.300. The summed E-state index contributed by atoms with van der Waals surface area (Å²) in [5.41, 5.74) is 3.39. The molecule has 0 spiro atoms. The second-order valence-corrected chi connectivity index (χ2v) is 9.62. The third-order valence-corrected chi connectivity index (χ3v) is 6.56. The first-order chi connectivity index (χ1) is 18.4. The highest BCUT2D eigenvalue weighted by molar-refractivity contribution is 9.10. The van der Waals surface area contributed by atoms with Crippen molar-refractivity contribution >= 4 is 33.8 Å². The number of benzene rings is 3. The van der Waals surface area contributed by atoms with Crippen molar-refractivity contribution in [2.24, 2.45) is 0 Å². The average Bonchev–Trinajstić information content (AvgIpc) is 2.95. The molecule has 3 aromatic rings. The molecule has 8 heteroatoms. The van der Waals surface area contributed by atoms with Crippen molar-refractivity contribution in [2.75, 3.05) is 20.8 Å². The summed E-state index contributed by atoms with van der Waals surface area (Å²) >= 11 is 3.45. The van der Waals surface area contributed by atoms with E-state index in [-0.39, 0.29) is 24.7 Å². The molecule has 0 fully saturated rings. The zero-order valence-electron chi connectivity index (χ0n) is 21.7. The number of carbonyl (C=O) groups excluding carboxylic acids is 3. The Bertz CT molecular complexity index is 1210. The van der Waals surface area contributed by atoms with Crippen LogP contribution in [0.1, 0.15) is 46.3 Å². The van der Waals surface area contributed by atoms with Crippen LogP contribution in [-0.4, -0.2) is 43.5 Å². The average molecular weight is 582 g/mol. The van der Waals surface area contributed by atoms with Crippen LogP contribution in [0.15, 0.2) is 77.3 Å². The molecule has 1 amide bonds. The number of ether oxygens (including phenoxy) is 3. The molecule has 0 radical (unpaired) electrons. The van der Waals surface area contributed by atoms with Gasteiger partial charge in [0.1, 0.15) is 12.4 Å². The Labute approximate surface area is 231 Å². The topological polar surface area (TPSA) is 82.1 Å². The molecule has 38 heavy (non-hydrogen) atoms. The number of rotatable bonds is 13. The van der Waals surface area contributed by atoms with Gasteiger partial charge in [-0.1, -0.05) is 58.4 Å². The van der Waals surface area contributed by atoms with Crippen molar-refractivity contribution in [1.82, 2.24) is 4.90 Å². The van der Waals surface area contributed by atoms with Gasteiger partial charge in [-0.25, -0.2) is 4.79 Å². The third-order valence-electron chi connectivity index (χ3n) is 6.03. The SMILES string of the molecule is COC(=O)CCCC(=O)N(CCc1ccccc1OCc1ccc(Br)cc1)Cc1ccc(C(=O)OC)cc1. The van der Waals surface area contributed by atoms with Crippen LogP contribution < -0.4 is 4.74 Å². The number of carbonyl (C=O) groups is 3. The lowest BCUT2D eigenvalue weighted by Gasteiger charge is -2.24. The maximum atomic E-state index is 13.1. The number of hydrogen-bond donors (Lipinski definition) is 0. The van der Waals surface area contributed by atoms with Crippen LogP contribution >= 0.6 is 15.9 Å². The molecular weight excluding hydrogens is 550 g/mol. The van der Waals surface area contributed by atoms with E-state index in [1.807, 2.05) is 60.7 Å². The number of para-hydroxylation sites is 1. The summed E-state index contributed by atoms with van der Waals surface area (Å²) in [7, 11) is 2.68. The standard InChI is InChI=1S/C30H32BrNO6/c1-36-29(34)9-5-8-28(33)32(20-22-10-14-25(15-11-22)30(35)37-2)19-18-24-6-3-4-7-27(24)38-21-23-12-16-26(31)17-13-23/h3-4,6-7,10-17H,5,8-9,18-21H2,1-2H3. The lowest BCUT2D eigenvalue weighted by atomic mass is 10.1. The maximum Gasteiger partial charge on any atom is 0.337 e. The van der Waals surface area contributed by atoms with Crippen molar-refractivity contribution in [3.8, 4) is 5.75 Å². The van der Waals surface area contributed by atoms with Gasteiger partial charge in [0.2, 0.25) is 5.91 Å². The normalized spacial score (nSPS) is 10.5. The van der Waals surface area contributed by atoms with Crippen LogP contribution in [0.3, 0.4) is 0 Å². The van der Waals surface area contributed by atoms with Gasteiger partial charge in [-0.2, -0.15) is 0 Å². The molecule has 7 nitrogen and oxygen atoms in total. The Kier molecular flexibility index (Phi) is 11.4. The van der Waals surface area contributed by atoms with Crippen molar-refractivity contribution in [3.63, 3.8) is 0 Å². The summed E-state index contributed by atoms with van der Waals surface area (Å²) in [6.45, 7) is 1.28. The smallest absolute Gasteiger partial charge is 0.337 e. The number of halogens is 1. The summed E-state index contributed by atoms with van der Waals surface area (Å²) in [5, 5.41) is 0.